The summed E-state index contributed by atoms with van der Waals surface area (Å²) in [5, 5.41) is 60.1. The van der Waals surface area contributed by atoms with Gasteiger partial charge in [0.2, 0.25) is 0 Å². The van der Waals surface area contributed by atoms with E-state index in [2.05, 4.69) is 15.5 Å². The molecule has 0 unspecified atom stereocenters. The number of aryl methyl sites for hydroxylation is 1. The van der Waals surface area contributed by atoms with Crippen molar-refractivity contribution in [1.82, 2.24) is 15.3 Å². The van der Waals surface area contributed by atoms with E-state index in [-0.39, 0.29) is 46.5 Å². The molecule has 5 rings (SSSR count). The van der Waals surface area contributed by atoms with Crippen LogP contribution in [-0.4, -0.2) is 109 Å². The molecule has 0 saturated carbocycles. The molecule has 17 heteroatoms. The average molecular weight is 738 g/mol. The molecule has 2 aliphatic rings. The number of nitrogens with one attached hydrogen (secondary N) is 1. The van der Waals surface area contributed by atoms with E-state index in [1.165, 1.54) is 17.1 Å². The number of esters is 1. The molecule has 0 aliphatic carbocycles. The second-order valence-corrected chi connectivity index (χ2v) is 12.0. The lowest BCUT2D eigenvalue weighted by molar-refractivity contribution is -0.174. The first kappa shape index (κ1) is 41.5. The minimum atomic E-state index is -1.31. The molecular formula is C36H43N5O12. The number of benzene rings is 3. The van der Waals surface area contributed by atoms with Gasteiger partial charge < -0.3 is 35.7 Å². The van der Waals surface area contributed by atoms with Gasteiger partial charge in [0.1, 0.15) is 34.7 Å². The molecule has 284 valence electrons. The number of aromatic hydroxyl groups is 2. The number of carbonyl (C=O) groups excluding carboxylic acids is 2. The number of phenols is 2. The Kier molecular flexibility index (Phi) is 15.4. The quantitative estimate of drug-likeness (QED) is 0.115. The van der Waals surface area contributed by atoms with Gasteiger partial charge in [-0.05, 0) is 87.4 Å². The predicted molar refractivity (Wildman–Crippen MR) is 188 cm³/mol. The van der Waals surface area contributed by atoms with E-state index in [0.717, 1.165) is 42.7 Å². The number of carbonyl (C=O) groups is 5. The van der Waals surface area contributed by atoms with E-state index in [0.29, 0.717) is 38.8 Å². The van der Waals surface area contributed by atoms with Gasteiger partial charge in [0.15, 0.2) is 0 Å². The Morgan fingerprint density at radius 3 is 1.91 bits per heavy atom. The van der Waals surface area contributed by atoms with Gasteiger partial charge in [-0.15, -0.1) is 0 Å². The van der Waals surface area contributed by atoms with Crippen LogP contribution in [0.1, 0.15) is 65.3 Å². The number of hydrogen-bond acceptors (Lipinski definition) is 12. The van der Waals surface area contributed by atoms with Crippen LogP contribution in [0, 0.1) is 0 Å². The smallest absolute Gasteiger partial charge is 0.339 e. The van der Waals surface area contributed by atoms with Crippen molar-refractivity contribution in [1.29, 1.82) is 0 Å². The SMILES string of the molecule is CCOC(=O)[C@H](CCc1ccccc1)N[C@H]1CCCN2CCC[C@@H](C(=O)O)N2C1=O.O.O=C(O)c1cc(N=Nc2ccc(O)c(C(=O)O)c2)ccc1O. The highest BCUT2D eigenvalue weighted by molar-refractivity contribution is 5.92. The summed E-state index contributed by atoms with van der Waals surface area (Å²) in [6.45, 7) is 3.34. The summed E-state index contributed by atoms with van der Waals surface area (Å²) in [5.41, 5.74) is 0.788. The number of hydrazine groups is 1. The number of carboxylic acids is 3. The number of aromatic carboxylic acids is 2. The lowest BCUT2D eigenvalue weighted by Crippen LogP contribution is -2.61. The summed E-state index contributed by atoms with van der Waals surface area (Å²) >= 11 is 0. The number of carboxylic acid groups (broad SMARTS) is 3. The first-order valence-corrected chi connectivity index (χ1v) is 16.7. The zero-order valence-corrected chi connectivity index (χ0v) is 28.9. The molecule has 0 spiro atoms. The van der Waals surface area contributed by atoms with Gasteiger partial charge >= 0.3 is 23.9 Å². The topological polar surface area (TPSA) is 270 Å². The maximum atomic E-state index is 13.3. The molecule has 17 nitrogen and oxygen atoms in total. The molecule has 0 radical (unpaired) electrons. The summed E-state index contributed by atoms with van der Waals surface area (Å²) in [5.74, 6) is -5.06. The molecule has 3 aromatic carbocycles. The molecule has 0 aromatic heterocycles. The molecule has 3 aromatic rings. The van der Waals surface area contributed by atoms with E-state index >= 15 is 0 Å². The molecule has 2 aliphatic heterocycles. The third-order valence-electron chi connectivity index (χ3n) is 8.45. The maximum absolute atomic E-state index is 13.3. The van der Waals surface area contributed by atoms with Crippen LogP contribution in [0.4, 0.5) is 11.4 Å². The van der Waals surface area contributed by atoms with Crippen LogP contribution < -0.4 is 5.32 Å². The van der Waals surface area contributed by atoms with Crippen molar-refractivity contribution in [3.05, 3.63) is 83.4 Å². The molecular weight excluding hydrogens is 694 g/mol. The molecule has 2 heterocycles. The van der Waals surface area contributed by atoms with Gasteiger partial charge in [0.25, 0.3) is 5.91 Å². The predicted octanol–water partition coefficient (Wildman–Crippen LogP) is 3.68. The van der Waals surface area contributed by atoms with Crippen LogP contribution in [0.3, 0.4) is 0 Å². The zero-order chi connectivity index (χ0) is 37.8. The number of azo groups is 1. The summed E-state index contributed by atoms with van der Waals surface area (Å²) in [4.78, 5) is 59.4. The van der Waals surface area contributed by atoms with Crippen molar-refractivity contribution in [2.24, 2.45) is 10.2 Å². The Hall–Kier alpha value is -5.91. The van der Waals surface area contributed by atoms with Crippen LogP contribution in [0.15, 0.2) is 77.0 Å². The van der Waals surface area contributed by atoms with Gasteiger partial charge in [-0.1, -0.05) is 30.3 Å². The second kappa shape index (κ2) is 19.6. The minimum absolute atomic E-state index is 0. The highest BCUT2D eigenvalue weighted by Gasteiger charge is 2.42. The molecule has 53 heavy (non-hydrogen) atoms. The molecule has 3 atom stereocenters. The van der Waals surface area contributed by atoms with Crippen LogP contribution in [-0.2, 0) is 25.5 Å². The number of rotatable bonds is 12. The van der Waals surface area contributed by atoms with Gasteiger partial charge in [-0.2, -0.15) is 10.2 Å². The maximum Gasteiger partial charge on any atom is 0.339 e. The third kappa shape index (κ3) is 11.3. The zero-order valence-electron chi connectivity index (χ0n) is 28.9. The van der Waals surface area contributed by atoms with Gasteiger partial charge in [-0.3, -0.25) is 19.9 Å². The lowest BCUT2D eigenvalue weighted by atomic mass is 10.0. The van der Waals surface area contributed by atoms with E-state index in [1.54, 1.807) is 6.92 Å². The Labute approximate surface area is 304 Å². The first-order valence-electron chi connectivity index (χ1n) is 16.7. The van der Waals surface area contributed by atoms with Crippen LogP contribution >= 0.6 is 0 Å². The van der Waals surface area contributed by atoms with Crippen molar-refractivity contribution >= 4 is 41.2 Å². The van der Waals surface area contributed by atoms with Crippen LogP contribution in [0.2, 0.25) is 0 Å². The Bertz CT molecular complexity index is 1720. The fourth-order valence-corrected chi connectivity index (χ4v) is 5.89. The van der Waals surface area contributed by atoms with Crippen LogP contribution in [0.5, 0.6) is 11.5 Å². The van der Waals surface area contributed by atoms with E-state index in [1.807, 2.05) is 35.3 Å². The van der Waals surface area contributed by atoms with Gasteiger partial charge in [0, 0.05) is 13.1 Å². The normalized spacial score (nSPS) is 17.7. The van der Waals surface area contributed by atoms with Gasteiger partial charge in [-0.25, -0.2) is 19.4 Å². The third-order valence-corrected chi connectivity index (χ3v) is 8.45. The molecule has 2 fully saturated rings. The summed E-state index contributed by atoms with van der Waals surface area (Å²) in [6, 6.07) is 15.0. The largest absolute Gasteiger partial charge is 0.507 e. The summed E-state index contributed by atoms with van der Waals surface area (Å²) < 4.78 is 5.24. The van der Waals surface area contributed by atoms with Crippen LogP contribution in [0.25, 0.3) is 0 Å². The van der Waals surface area contributed by atoms with E-state index in [4.69, 9.17) is 14.9 Å². The number of ether oxygens (including phenoxy) is 1. The molecule has 8 N–H and O–H groups in total. The first-order chi connectivity index (χ1) is 24.9. The number of hydrogen-bond donors (Lipinski definition) is 6. The number of fused-ring (bicyclic) bond motifs is 1. The highest BCUT2D eigenvalue weighted by atomic mass is 16.5. The number of amides is 1. The minimum Gasteiger partial charge on any atom is -0.507 e. The fraction of sp³-hybridized carbons (Fsp3) is 0.361. The molecule has 2 saturated heterocycles. The van der Waals surface area contributed by atoms with E-state index in [9.17, 15) is 39.3 Å². The van der Waals surface area contributed by atoms with Gasteiger partial charge in [0.05, 0.1) is 24.0 Å². The Morgan fingerprint density at radius 2 is 1.40 bits per heavy atom. The molecule has 0 bridgehead atoms. The van der Waals surface area contributed by atoms with Crippen molar-refractivity contribution in [3.8, 4) is 11.5 Å². The fourth-order valence-electron chi connectivity index (χ4n) is 5.89. The average Bonchev–Trinajstić information content (AvgIpc) is 3.28. The second-order valence-electron chi connectivity index (χ2n) is 12.0. The van der Waals surface area contributed by atoms with Crippen molar-refractivity contribution < 1.29 is 59.7 Å². The lowest BCUT2D eigenvalue weighted by Gasteiger charge is -2.42. The Balaban J connectivity index is 0.000000293. The summed E-state index contributed by atoms with van der Waals surface area (Å²) in [7, 11) is 0. The highest BCUT2D eigenvalue weighted by Crippen LogP contribution is 2.28. The van der Waals surface area contributed by atoms with E-state index < -0.39 is 47.5 Å². The van der Waals surface area contributed by atoms with Crippen molar-refractivity contribution in [2.75, 3.05) is 19.7 Å². The molecule has 1 amide bonds. The Morgan fingerprint density at radius 1 is 0.849 bits per heavy atom. The van der Waals surface area contributed by atoms with Crippen molar-refractivity contribution in [3.63, 3.8) is 0 Å². The van der Waals surface area contributed by atoms with Crippen molar-refractivity contribution in [2.45, 2.75) is 63.6 Å². The summed E-state index contributed by atoms with van der Waals surface area (Å²) in [6.07, 6.45) is 3.67. The number of aliphatic carboxylic acids is 1. The monoisotopic (exact) mass is 737 g/mol. The standard InChI is InChI=1S/C22H31N3O5.C14H10N2O6.H2O/c1-2-30-22(29)18(13-12-16-8-4-3-5-9-16)23-17-10-6-14-24-15-7-11-19(21(27)28)25(24)20(17)26;17-11-3-1-7(5-9(11)13(19)20)15-16-8-2-4-12(18)10(6-8)14(21)22;/h3-5,8-9,17-19,23H,2,6-7,10-15H2,1H3,(H,27,28);1-6,17-18H,(H,19,20)(H,21,22);1H2/t17-,18-,19-;;/m0../s1. The number of nitrogens with zero attached hydrogens (tertiary/aromatic N) is 4.